The minimum atomic E-state index is -0.294. The van der Waals surface area contributed by atoms with E-state index in [0.717, 1.165) is 28.2 Å². The number of aromatic nitrogens is 1. The first kappa shape index (κ1) is 22.8. The molecule has 3 heterocycles. The van der Waals surface area contributed by atoms with E-state index in [9.17, 15) is 4.39 Å². The van der Waals surface area contributed by atoms with Crippen LogP contribution in [0.5, 0.6) is 0 Å². The van der Waals surface area contributed by atoms with Crippen molar-refractivity contribution >= 4 is 45.9 Å². The predicted octanol–water partition coefficient (Wildman–Crippen LogP) is 6.68. The molecule has 2 aromatic carbocycles. The Labute approximate surface area is 210 Å². The molecule has 0 bridgehead atoms. The molecule has 0 spiro atoms. The minimum Gasteiger partial charge on any atom is -0.365 e. The van der Waals surface area contributed by atoms with Crippen LogP contribution in [0.25, 0.3) is 5.57 Å². The van der Waals surface area contributed by atoms with Crippen molar-refractivity contribution in [1.29, 1.82) is 0 Å². The minimum absolute atomic E-state index is 0.116. The van der Waals surface area contributed by atoms with E-state index in [1.54, 1.807) is 18.3 Å². The highest BCUT2D eigenvalue weighted by molar-refractivity contribution is 7.80. The molecule has 5 rings (SSSR count). The van der Waals surface area contributed by atoms with Gasteiger partial charge in [-0.25, -0.2) is 4.39 Å². The molecule has 0 amide bonds. The lowest BCUT2D eigenvalue weighted by Crippen LogP contribution is -2.42. The third kappa shape index (κ3) is 3.75. The molecule has 0 radical (unpaired) electrons. The summed E-state index contributed by atoms with van der Waals surface area (Å²) in [6.07, 6.45) is 4.05. The van der Waals surface area contributed by atoms with E-state index < -0.39 is 0 Å². The number of thiocarbonyl (C=S) groups is 1. The summed E-state index contributed by atoms with van der Waals surface area (Å²) in [6.45, 7) is 6.51. The summed E-state index contributed by atoms with van der Waals surface area (Å²) in [6, 6.07) is 15.9. The normalized spacial score (nSPS) is 21.2. The first-order valence-corrected chi connectivity index (χ1v) is 12.0. The van der Waals surface area contributed by atoms with Gasteiger partial charge < -0.3 is 15.1 Å². The van der Waals surface area contributed by atoms with Crippen molar-refractivity contribution < 1.29 is 4.39 Å². The summed E-state index contributed by atoms with van der Waals surface area (Å²) in [7, 11) is 2.09. The number of likely N-dealkylation sites (N-methyl/N-ethyl adjacent to an activating group) is 1. The predicted molar refractivity (Wildman–Crippen MR) is 142 cm³/mol. The number of halogens is 2. The second-order valence-electron chi connectivity index (χ2n) is 9.40. The zero-order valence-electron chi connectivity index (χ0n) is 19.5. The van der Waals surface area contributed by atoms with Crippen molar-refractivity contribution in [3.63, 3.8) is 0 Å². The highest BCUT2D eigenvalue weighted by Crippen LogP contribution is 2.47. The molecule has 1 N–H and O–H groups in total. The summed E-state index contributed by atoms with van der Waals surface area (Å²) in [5.74, 6) is -0.294. The van der Waals surface area contributed by atoms with Crippen molar-refractivity contribution in [2.45, 2.75) is 38.4 Å². The van der Waals surface area contributed by atoms with Gasteiger partial charge in [-0.3, -0.25) is 4.98 Å². The smallest absolute Gasteiger partial charge is 0.174 e. The van der Waals surface area contributed by atoms with Crippen LogP contribution in [-0.4, -0.2) is 22.7 Å². The Hall–Kier alpha value is -2.96. The monoisotopic (exact) mass is 492 g/mol. The summed E-state index contributed by atoms with van der Waals surface area (Å²) < 4.78 is 13.7. The zero-order chi connectivity index (χ0) is 24.2. The van der Waals surface area contributed by atoms with Crippen LogP contribution in [0.1, 0.15) is 49.7 Å². The molecule has 0 unspecified atom stereocenters. The van der Waals surface area contributed by atoms with Crippen molar-refractivity contribution in [2.75, 3.05) is 16.8 Å². The quantitative estimate of drug-likeness (QED) is 0.412. The Balaban J connectivity index is 1.70. The average molecular weight is 493 g/mol. The molecule has 2 aliphatic rings. The highest BCUT2D eigenvalue weighted by atomic mass is 35.5. The van der Waals surface area contributed by atoms with E-state index in [1.807, 2.05) is 29.2 Å². The van der Waals surface area contributed by atoms with Gasteiger partial charge in [0.2, 0.25) is 0 Å². The number of nitrogens with zero attached hydrogens (tertiary/aromatic N) is 3. The molecule has 7 heteroatoms. The van der Waals surface area contributed by atoms with Gasteiger partial charge in [-0.2, -0.15) is 0 Å². The molecular formula is C27H26ClFN4S. The van der Waals surface area contributed by atoms with Crippen LogP contribution in [0.15, 0.2) is 66.9 Å². The second kappa shape index (κ2) is 8.36. The SMILES string of the molecule is CC1=CC(C)(C)N(C)c2cc(Cl)c([C@H]3[C@H](c4ccccn4)NC(=S)N3c3ccc(F)cc3)cc21. The molecule has 1 fully saturated rings. The lowest BCUT2D eigenvalue weighted by molar-refractivity contribution is 0.566. The van der Waals surface area contributed by atoms with Crippen molar-refractivity contribution in [3.8, 4) is 0 Å². The molecule has 1 saturated heterocycles. The number of fused-ring (bicyclic) bond motifs is 1. The fourth-order valence-electron chi connectivity index (χ4n) is 4.97. The van der Waals surface area contributed by atoms with Gasteiger partial charge in [-0.15, -0.1) is 0 Å². The van der Waals surface area contributed by atoms with Gasteiger partial charge in [0.25, 0.3) is 0 Å². The third-order valence-electron chi connectivity index (χ3n) is 6.86. The summed E-state index contributed by atoms with van der Waals surface area (Å²) in [5.41, 5.74) is 5.91. The Kier molecular flexibility index (Phi) is 5.61. The van der Waals surface area contributed by atoms with E-state index in [4.69, 9.17) is 23.8 Å². The maximum absolute atomic E-state index is 13.7. The number of nitrogens with one attached hydrogen (secondary N) is 1. The van der Waals surface area contributed by atoms with Crippen LogP contribution < -0.4 is 15.1 Å². The first-order valence-electron chi connectivity index (χ1n) is 11.2. The van der Waals surface area contributed by atoms with Crippen LogP contribution in [0.3, 0.4) is 0 Å². The lowest BCUT2D eigenvalue weighted by Gasteiger charge is -2.41. The number of hydrogen-bond acceptors (Lipinski definition) is 3. The highest BCUT2D eigenvalue weighted by Gasteiger charge is 2.42. The maximum atomic E-state index is 13.7. The Morgan fingerprint density at radius 1 is 1.12 bits per heavy atom. The van der Waals surface area contributed by atoms with Gasteiger partial charge >= 0.3 is 0 Å². The van der Waals surface area contributed by atoms with Crippen molar-refractivity contribution in [1.82, 2.24) is 10.3 Å². The molecule has 174 valence electrons. The Morgan fingerprint density at radius 3 is 2.53 bits per heavy atom. The van der Waals surface area contributed by atoms with Gasteiger partial charge in [0.1, 0.15) is 5.82 Å². The van der Waals surface area contributed by atoms with Crippen LogP contribution >= 0.6 is 23.8 Å². The molecule has 2 atom stereocenters. The standard InChI is InChI=1S/C27H26ClFN4S/c1-16-15-27(2,3)32(4)23-14-21(28)20(13-19(16)23)25-24(22-7-5-6-12-30-22)31-26(34)33(25)18-10-8-17(29)9-11-18/h5-15,24-25H,1-4H3,(H,31,34)/t24-,25-/m0/s1. The van der Waals surface area contributed by atoms with Crippen LogP contribution in [0, 0.1) is 5.82 Å². The number of hydrogen-bond donors (Lipinski definition) is 1. The number of pyridine rings is 1. The van der Waals surface area contributed by atoms with E-state index in [-0.39, 0.29) is 23.4 Å². The number of benzene rings is 2. The maximum Gasteiger partial charge on any atom is 0.174 e. The Morgan fingerprint density at radius 2 is 1.85 bits per heavy atom. The largest absolute Gasteiger partial charge is 0.365 e. The molecule has 0 aliphatic carbocycles. The number of rotatable bonds is 3. The molecule has 34 heavy (non-hydrogen) atoms. The van der Waals surface area contributed by atoms with Gasteiger partial charge in [-0.05, 0) is 92.7 Å². The topological polar surface area (TPSA) is 31.4 Å². The summed E-state index contributed by atoms with van der Waals surface area (Å²) in [4.78, 5) is 8.86. The average Bonchev–Trinajstić information content (AvgIpc) is 3.15. The number of anilines is 2. The summed E-state index contributed by atoms with van der Waals surface area (Å²) >= 11 is 12.8. The fourth-order valence-corrected chi connectivity index (χ4v) is 5.58. The van der Waals surface area contributed by atoms with Crippen molar-refractivity contribution in [3.05, 3.63) is 94.5 Å². The lowest BCUT2D eigenvalue weighted by atomic mass is 9.86. The molecular weight excluding hydrogens is 467 g/mol. The molecule has 0 saturated carbocycles. The second-order valence-corrected chi connectivity index (χ2v) is 10.2. The van der Waals surface area contributed by atoms with Gasteiger partial charge in [0, 0.05) is 35.2 Å². The summed E-state index contributed by atoms with van der Waals surface area (Å²) in [5, 5.41) is 4.64. The molecule has 4 nitrogen and oxygen atoms in total. The van der Waals surface area contributed by atoms with Crippen molar-refractivity contribution in [2.24, 2.45) is 0 Å². The van der Waals surface area contributed by atoms with E-state index in [2.05, 4.69) is 55.2 Å². The van der Waals surface area contributed by atoms with Gasteiger partial charge in [-0.1, -0.05) is 23.7 Å². The van der Waals surface area contributed by atoms with E-state index in [0.29, 0.717) is 10.1 Å². The van der Waals surface area contributed by atoms with Crippen LogP contribution in [0.4, 0.5) is 15.8 Å². The Bertz CT molecular complexity index is 1290. The van der Waals surface area contributed by atoms with E-state index in [1.165, 1.54) is 17.7 Å². The fraction of sp³-hybridized carbons (Fsp3) is 0.259. The molecule has 1 aromatic heterocycles. The third-order valence-corrected chi connectivity index (χ3v) is 7.50. The number of allylic oxidation sites excluding steroid dienone is 1. The molecule has 2 aliphatic heterocycles. The zero-order valence-corrected chi connectivity index (χ0v) is 21.1. The van der Waals surface area contributed by atoms with Gasteiger partial charge in [0.05, 0.1) is 23.3 Å². The van der Waals surface area contributed by atoms with Crippen LogP contribution in [-0.2, 0) is 0 Å². The van der Waals surface area contributed by atoms with E-state index >= 15 is 0 Å². The van der Waals surface area contributed by atoms with Crippen LogP contribution in [0.2, 0.25) is 5.02 Å². The molecule has 3 aromatic rings. The van der Waals surface area contributed by atoms with Gasteiger partial charge in [0.15, 0.2) is 5.11 Å². The first-order chi connectivity index (χ1) is 16.2.